The van der Waals surface area contributed by atoms with E-state index < -0.39 is 73.8 Å². The van der Waals surface area contributed by atoms with Gasteiger partial charge in [0.1, 0.15) is 31.0 Å². The first kappa shape index (κ1) is 26.2. The zero-order valence-electron chi connectivity index (χ0n) is 17.7. The van der Waals surface area contributed by atoms with E-state index in [2.05, 4.69) is 0 Å². The Hall–Kier alpha value is -1.79. The molecule has 174 valence electrons. The summed E-state index contributed by atoms with van der Waals surface area (Å²) < 4.78 is 27.2. The SMILES string of the molecule is CCC(=O)OC1[C@H](OC[C@@H](O)[C@@H](O)CO)OC(COC(C)=O)[C@@H](C)[C@@H]1OC(=O)CC. The lowest BCUT2D eigenvalue weighted by Gasteiger charge is -2.44. The van der Waals surface area contributed by atoms with Crippen LogP contribution in [0.25, 0.3) is 0 Å². The molecule has 0 saturated carbocycles. The zero-order chi connectivity index (χ0) is 22.8. The summed E-state index contributed by atoms with van der Waals surface area (Å²) in [6, 6.07) is 0. The molecule has 1 saturated heterocycles. The molecule has 0 aromatic carbocycles. The van der Waals surface area contributed by atoms with Crippen LogP contribution in [0.3, 0.4) is 0 Å². The van der Waals surface area contributed by atoms with Crippen LogP contribution in [0, 0.1) is 5.92 Å². The fourth-order valence-electron chi connectivity index (χ4n) is 2.76. The fourth-order valence-corrected chi connectivity index (χ4v) is 2.76. The number of ether oxygens (including phenoxy) is 5. The monoisotopic (exact) mass is 436 g/mol. The minimum absolute atomic E-state index is 0.0504. The van der Waals surface area contributed by atoms with Gasteiger partial charge >= 0.3 is 17.9 Å². The lowest BCUT2D eigenvalue weighted by molar-refractivity contribution is -0.300. The number of aliphatic hydroxyl groups excluding tert-OH is 3. The number of aliphatic hydroxyl groups is 3. The summed E-state index contributed by atoms with van der Waals surface area (Å²) in [5.74, 6) is -2.18. The lowest BCUT2D eigenvalue weighted by atomic mass is 9.90. The van der Waals surface area contributed by atoms with Gasteiger partial charge < -0.3 is 39.0 Å². The van der Waals surface area contributed by atoms with Crippen molar-refractivity contribution in [3.63, 3.8) is 0 Å². The van der Waals surface area contributed by atoms with Crippen molar-refractivity contribution >= 4 is 17.9 Å². The van der Waals surface area contributed by atoms with Crippen LogP contribution >= 0.6 is 0 Å². The third-order valence-corrected chi connectivity index (χ3v) is 4.63. The summed E-state index contributed by atoms with van der Waals surface area (Å²) in [6.07, 6.45) is -6.92. The second-order valence-corrected chi connectivity index (χ2v) is 6.97. The molecule has 1 aliphatic rings. The van der Waals surface area contributed by atoms with Crippen molar-refractivity contribution < 1.29 is 53.4 Å². The minimum atomic E-state index is -1.45. The largest absolute Gasteiger partial charge is 0.463 e. The van der Waals surface area contributed by atoms with E-state index in [0.717, 1.165) is 0 Å². The molecule has 11 nitrogen and oxygen atoms in total. The Balaban J connectivity index is 3.11. The van der Waals surface area contributed by atoms with Crippen LogP contribution in [0.1, 0.15) is 40.5 Å². The number of hydrogen-bond donors (Lipinski definition) is 3. The molecule has 0 spiro atoms. The zero-order valence-corrected chi connectivity index (χ0v) is 17.7. The first-order valence-electron chi connectivity index (χ1n) is 9.90. The maximum atomic E-state index is 12.0. The van der Waals surface area contributed by atoms with Crippen molar-refractivity contribution in [1.82, 2.24) is 0 Å². The van der Waals surface area contributed by atoms with Crippen molar-refractivity contribution in [3.05, 3.63) is 0 Å². The van der Waals surface area contributed by atoms with E-state index in [1.165, 1.54) is 6.92 Å². The van der Waals surface area contributed by atoms with Crippen molar-refractivity contribution in [2.24, 2.45) is 5.92 Å². The molecule has 0 aliphatic carbocycles. The molecule has 0 radical (unpaired) electrons. The van der Waals surface area contributed by atoms with Gasteiger partial charge in [-0.25, -0.2) is 0 Å². The molecule has 0 aromatic heterocycles. The second-order valence-electron chi connectivity index (χ2n) is 6.97. The van der Waals surface area contributed by atoms with Gasteiger partial charge in [0.05, 0.1) is 13.2 Å². The molecule has 30 heavy (non-hydrogen) atoms. The minimum Gasteiger partial charge on any atom is -0.463 e. The van der Waals surface area contributed by atoms with Gasteiger partial charge in [0, 0.05) is 25.7 Å². The van der Waals surface area contributed by atoms with E-state index in [0.29, 0.717) is 0 Å². The molecule has 11 heteroatoms. The molecule has 1 rings (SSSR count). The Morgan fingerprint density at radius 2 is 1.57 bits per heavy atom. The van der Waals surface area contributed by atoms with Crippen LogP contribution in [0.5, 0.6) is 0 Å². The Bertz CT molecular complexity index is 567. The van der Waals surface area contributed by atoms with Crippen LogP contribution in [0.2, 0.25) is 0 Å². The van der Waals surface area contributed by atoms with Gasteiger partial charge in [0.25, 0.3) is 0 Å². The van der Waals surface area contributed by atoms with E-state index in [-0.39, 0.29) is 19.4 Å². The first-order valence-corrected chi connectivity index (χ1v) is 9.90. The molecule has 0 bridgehead atoms. The number of hydrogen-bond acceptors (Lipinski definition) is 11. The van der Waals surface area contributed by atoms with Crippen molar-refractivity contribution in [3.8, 4) is 0 Å². The van der Waals surface area contributed by atoms with Gasteiger partial charge in [-0.05, 0) is 0 Å². The molecule has 2 unspecified atom stereocenters. The molecule has 1 aliphatic heterocycles. The number of carbonyl (C=O) groups is 3. The molecule has 3 N–H and O–H groups in total. The van der Waals surface area contributed by atoms with Crippen LogP contribution < -0.4 is 0 Å². The summed E-state index contributed by atoms with van der Waals surface area (Å²) in [5.41, 5.74) is 0. The van der Waals surface area contributed by atoms with E-state index >= 15 is 0 Å². The number of esters is 3. The Labute approximate surface area is 175 Å². The average Bonchev–Trinajstić information content (AvgIpc) is 2.73. The summed E-state index contributed by atoms with van der Waals surface area (Å²) in [5, 5.41) is 28.3. The molecule has 7 atom stereocenters. The van der Waals surface area contributed by atoms with E-state index in [9.17, 15) is 24.6 Å². The highest BCUT2D eigenvalue weighted by Crippen LogP contribution is 2.32. The predicted octanol–water partition coefficient (Wildman–Crippen LogP) is -0.715. The average molecular weight is 436 g/mol. The summed E-state index contributed by atoms with van der Waals surface area (Å²) in [6.45, 7) is 4.80. The van der Waals surface area contributed by atoms with Crippen LogP contribution in [-0.2, 0) is 38.1 Å². The molecule has 1 fully saturated rings. The topological polar surface area (TPSA) is 158 Å². The molecule has 0 amide bonds. The highest BCUT2D eigenvalue weighted by molar-refractivity contribution is 5.70. The fraction of sp³-hybridized carbons (Fsp3) is 0.842. The van der Waals surface area contributed by atoms with E-state index in [4.69, 9.17) is 28.8 Å². The van der Waals surface area contributed by atoms with Crippen molar-refractivity contribution in [2.45, 2.75) is 77.3 Å². The normalized spacial score (nSPS) is 28.3. The lowest BCUT2D eigenvalue weighted by Crippen LogP contribution is -2.59. The summed E-state index contributed by atoms with van der Waals surface area (Å²) >= 11 is 0. The number of carbonyl (C=O) groups excluding carboxylic acids is 3. The van der Waals surface area contributed by atoms with Crippen molar-refractivity contribution in [1.29, 1.82) is 0 Å². The Morgan fingerprint density at radius 1 is 1.00 bits per heavy atom. The maximum Gasteiger partial charge on any atom is 0.306 e. The molecular formula is C19H32O11. The summed E-state index contributed by atoms with van der Waals surface area (Å²) in [7, 11) is 0. The van der Waals surface area contributed by atoms with Gasteiger partial charge in [-0.2, -0.15) is 0 Å². The predicted molar refractivity (Wildman–Crippen MR) is 99.9 cm³/mol. The van der Waals surface area contributed by atoms with E-state index in [1.807, 2.05) is 0 Å². The third kappa shape index (κ3) is 7.80. The summed E-state index contributed by atoms with van der Waals surface area (Å²) in [4.78, 5) is 35.1. The van der Waals surface area contributed by atoms with Gasteiger partial charge in [-0.1, -0.05) is 20.8 Å². The van der Waals surface area contributed by atoms with Crippen LogP contribution in [0.15, 0.2) is 0 Å². The Morgan fingerprint density at radius 3 is 2.07 bits per heavy atom. The van der Waals surface area contributed by atoms with Gasteiger partial charge in [0.2, 0.25) is 0 Å². The second kappa shape index (κ2) is 12.8. The van der Waals surface area contributed by atoms with Gasteiger partial charge in [-0.3, -0.25) is 14.4 Å². The van der Waals surface area contributed by atoms with E-state index in [1.54, 1.807) is 20.8 Å². The highest BCUT2D eigenvalue weighted by atomic mass is 16.7. The standard InChI is InChI=1S/C19H32O11/c1-5-15(24)29-17-10(3)14(9-26-11(4)21)28-19(18(17)30-16(25)6-2)27-8-13(23)12(22)7-20/h10,12-14,17-20,22-23H,5-9H2,1-4H3/t10-,12+,13-,14?,17+,18?,19-/m1/s1. The maximum absolute atomic E-state index is 12.0. The Kier molecular flexibility index (Phi) is 11.2. The smallest absolute Gasteiger partial charge is 0.306 e. The van der Waals surface area contributed by atoms with Crippen LogP contribution in [0.4, 0.5) is 0 Å². The highest BCUT2D eigenvalue weighted by Gasteiger charge is 2.49. The van der Waals surface area contributed by atoms with Crippen molar-refractivity contribution in [2.75, 3.05) is 19.8 Å². The molecule has 1 heterocycles. The first-order chi connectivity index (χ1) is 14.1. The number of rotatable bonds is 11. The van der Waals surface area contributed by atoms with Crippen LogP contribution in [-0.4, -0.2) is 89.9 Å². The molecular weight excluding hydrogens is 404 g/mol. The van der Waals surface area contributed by atoms with Gasteiger partial charge in [0.15, 0.2) is 12.4 Å². The third-order valence-electron chi connectivity index (χ3n) is 4.63. The quantitative estimate of drug-likeness (QED) is 0.277. The molecule has 0 aromatic rings. The van der Waals surface area contributed by atoms with Gasteiger partial charge in [-0.15, -0.1) is 0 Å².